The van der Waals surface area contributed by atoms with E-state index in [-0.39, 0.29) is 23.6 Å². The fourth-order valence-corrected chi connectivity index (χ4v) is 3.58. The summed E-state index contributed by atoms with van der Waals surface area (Å²) in [5, 5.41) is 7.12. The average molecular weight is 525 g/mol. The van der Waals surface area contributed by atoms with Gasteiger partial charge in [-0.3, -0.25) is 0 Å². The molecule has 38 heavy (non-hydrogen) atoms. The van der Waals surface area contributed by atoms with Gasteiger partial charge in [-0.15, -0.1) is 0 Å². The van der Waals surface area contributed by atoms with E-state index in [1.54, 1.807) is 53.5 Å². The second-order valence-electron chi connectivity index (χ2n) is 7.97. The Kier molecular flexibility index (Phi) is 6.69. The highest BCUT2D eigenvalue weighted by atomic mass is 19.4. The van der Waals surface area contributed by atoms with Crippen LogP contribution in [0, 0.1) is 11.6 Å². The van der Waals surface area contributed by atoms with Crippen molar-refractivity contribution in [3.63, 3.8) is 0 Å². The maximum absolute atomic E-state index is 14.2. The van der Waals surface area contributed by atoms with Crippen molar-refractivity contribution in [1.82, 2.24) is 24.8 Å². The fraction of sp³-hybridized carbons (Fsp3) is 0.0769. The molecule has 0 atom stereocenters. The van der Waals surface area contributed by atoms with Gasteiger partial charge in [0.15, 0.2) is 11.6 Å². The molecule has 2 aliphatic rings. The third kappa shape index (κ3) is 5.43. The summed E-state index contributed by atoms with van der Waals surface area (Å²) in [6, 6.07) is 13.3. The maximum atomic E-state index is 14.2. The van der Waals surface area contributed by atoms with E-state index in [0.717, 1.165) is 12.1 Å². The molecule has 4 aromatic rings. The van der Waals surface area contributed by atoms with Gasteiger partial charge in [0.2, 0.25) is 0 Å². The van der Waals surface area contributed by atoms with E-state index in [1.165, 1.54) is 18.4 Å². The van der Waals surface area contributed by atoms with Crippen molar-refractivity contribution < 1.29 is 31.0 Å². The number of aromatic nitrogens is 5. The molecule has 0 radical (unpaired) electrons. The Balaban J connectivity index is 0.000000529. The van der Waals surface area contributed by atoms with E-state index in [0.29, 0.717) is 28.8 Å². The van der Waals surface area contributed by atoms with E-state index in [4.69, 9.17) is 4.52 Å². The second-order valence-corrected chi connectivity index (χ2v) is 7.97. The number of rotatable bonds is 4. The highest BCUT2D eigenvalue weighted by molar-refractivity contribution is 5.66. The number of imidazole rings is 1. The highest BCUT2D eigenvalue weighted by Gasteiger charge is 2.31. The molecule has 0 saturated heterocycles. The van der Waals surface area contributed by atoms with Crippen LogP contribution in [0.15, 0.2) is 94.6 Å². The minimum Gasteiger partial charge on any atom is -0.365 e. The van der Waals surface area contributed by atoms with Gasteiger partial charge in [-0.05, 0) is 42.5 Å². The monoisotopic (exact) mass is 525 g/mol. The van der Waals surface area contributed by atoms with Crippen LogP contribution in [-0.4, -0.2) is 24.8 Å². The summed E-state index contributed by atoms with van der Waals surface area (Å²) in [4.78, 5) is 8.73. The minimum absolute atomic E-state index is 0.0767. The van der Waals surface area contributed by atoms with E-state index >= 15 is 0 Å². The topological polar surface area (TPSA) is 82.8 Å². The molecule has 0 N–H and O–H groups in total. The molecule has 0 spiro atoms. The Morgan fingerprint density at radius 3 is 2.32 bits per heavy atom. The van der Waals surface area contributed by atoms with Gasteiger partial charge in [-0.1, -0.05) is 22.4 Å². The molecule has 7 nitrogen and oxygen atoms in total. The third-order valence-electron chi connectivity index (χ3n) is 5.36. The molecule has 0 aliphatic carbocycles. The van der Waals surface area contributed by atoms with Crippen molar-refractivity contribution in [2.75, 3.05) is 0 Å². The first-order chi connectivity index (χ1) is 18.3. The van der Waals surface area contributed by atoms with Crippen LogP contribution in [0.1, 0.15) is 11.3 Å². The summed E-state index contributed by atoms with van der Waals surface area (Å²) in [6.07, 6.45) is 1.86. The summed E-state index contributed by atoms with van der Waals surface area (Å²) >= 11 is 0. The third-order valence-corrected chi connectivity index (χ3v) is 5.36. The molecule has 4 heterocycles. The van der Waals surface area contributed by atoms with Crippen LogP contribution in [-0.2, 0) is 12.7 Å². The molecule has 0 unspecified atom stereocenters. The number of nitrogens with zero attached hydrogens (tertiary/aromatic N) is 5. The van der Waals surface area contributed by atoms with Gasteiger partial charge >= 0.3 is 6.18 Å². The van der Waals surface area contributed by atoms with Crippen molar-refractivity contribution in [2.45, 2.75) is 12.7 Å². The predicted molar refractivity (Wildman–Crippen MR) is 125 cm³/mol. The number of alkyl halides is 3. The average Bonchev–Trinajstić information content (AvgIpc) is 3.66. The zero-order chi connectivity index (χ0) is 26.7. The smallest absolute Gasteiger partial charge is 0.365 e. The lowest BCUT2D eigenvalue weighted by Crippen LogP contribution is -2.05. The van der Waals surface area contributed by atoms with Gasteiger partial charge in [-0.2, -0.15) is 13.2 Å². The molecule has 192 valence electrons. The van der Waals surface area contributed by atoms with Gasteiger partial charge in [0, 0.05) is 24.0 Å². The molecule has 6 rings (SSSR count). The van der Waals surface area contributed by atoms with Gasteiger partial charge in [0.05, 0.1) is 29.6 Å². The molecule has 2 aromatic carbocycles. The first kappa shape index (κ1) is 24.8. The van der Waals surface area contributed by atoms with Crippen molar-refractivity contribution in [1.29, 1.82) is 0 Å². The molecule has 0 amide bonds. The van der Waals surface area contributed by atoms with Crippen molar-refractivity contribution >= 4 is 0 Å². The SMILES string of the molecule is Fc1cc(C(F)(F)F)ccc1-c1cc(Cn2ccc3nc(-c4ccccc4F)nc-3c2)on1.c1cnoc1. The lowest BCUT2D eigenvalue weighted by atomic mass is 10.1. The Morgan fingerprint density at radius 1 is 0.816 bits per heavy atom. The van der Waals surface area contributed by atoms with E-state index in [2.05, 4.69) is 24.8 Å². The maximum Gasteiger partial charge on any atom is 0.416 e. The molecule has 0 saturated carbocycles. The lowest BCUT2D eigenvalue weighted by Gasteiger charge is -2.07. The molecular formula is C26H16F5N5O2. The Bertz CT molecular complexity index is 1610. The van der Waals surface area contributed by atoms with Crippen LogP contribution in [0.25, 0.3) is 34.0 Å². The van der Waals surface area contributed by atoms with Crippen LogP contribution in [0.5, 0.6) is 0 Å². The number of hydrogen-bond donors (Lipinski definition) is 0. The summed E-state index contributed by atoms with van der Waals surface area (Å²) < 4.78 is 77.8. The van der Waals surface area contributed by atoms with Crippen LogP contribution in [0.2, 0.25) is 0 Å². The molecule has 2 aliphatic heterocycles. The zero-order valence-corrected chi connectivity index (χ0v) is 19.2. The largest absolute Gasteiger partial charge is 0.416 e. The van der Waals surface area contributed by atoms with Gasteiger partial charge in [-0.25, -0.2) is 18.7 Å². The summed E-state index contributed by atoms with van der Waals surface area (Å²) in [5.41, 5.74) is 0.294. The van der Waals surface area contributed by atoms with Gasteiger partial charge < -0.3 is 13.6 Å². The summed E-state index contributed by atoms with van der Waals surface area (Å²) in [5.74, 6) is -0.861. The van der Waals surface area contributed by atoms with Crippen molar-refractivity contribution in [2.24, 2.45) is 0 Å². The zero-order valence-electron chi connectivity index (χ0n) is 19.2. The molecule has 12 heteroatoms. The summed E-state index contributed by atoms with van der Waals surface area (Å²) in [7, 11) is 0. The first-order valence-electron chi connectivity index (χ1n) is 11.0. The fourth-order valence-electron chi connectivity index (χ4n) is 3.58. The highest BCUT2D eigenvalue weighted by Crippen LogP contribution is 2.33. The quantitative estimate of drug-likeness (QED) is 0.238. The predicted octanol–water partition coefficient (Wildman–Crippen LogP) is 6.72. The minimum atomic E-state index is -4.64. The molecule has 0 bridgehead atoms. The molecule has 0 fully saturated rings. The molecular weight excluding hydrogens is 509 g/mol. The van der Waals surface area contributed by atoms with E-state index in [1.807, 2.05) is 0 Å². The van der Waals surface area contributed by atoms with E-state index < -0.39 is 23.4 Å². The van der Waals surface area contributed by atoms with E-state index in [9.17, 15) is 22.0 Å². The van der Waals surface area contributed by atoms with Gasteiger partial charge in [0.1, 0.15) is 29.3 Å². The number of hydrogen-bond acceptors (Lipinski definition) is 6. The first-order valence-corrected chi connectivity index (χ1v) is 11.0. The van der Waals surface area contributed by atoms with Crippen LogP contribution < -0.4 is 0 Å². The lowest BCUT2D eigenvalue weighted by molar-refractivity contribution is -0.137. The number of pyridine rings is 1. The normalized spacial score (nSPS) is 11.4. The number of fused-ring (bicyclic) bond motifs is 1. The van der Waals surface area contributed by atoms with Crippen LogP contribution >= 0.6 is 0 Å². The van der Waals surface area contributed by atoms with Gasteiger partial charge in [0.25, 0.3) is 0 Å². The van der Waals surface area contributed by atoms with Crippen LogP contribution in [0.4, 0.5) is 22.0 Å². The summed E-state index contributed by atoms with van der Waals surface area (Å²) in [6.45, 7) is 0.201. The Labute approximate surface area is 211 Å². The van der Waals surface area contributed by atoms with Crippen molar-refractivity contribution in [3.05, 3.63) is 108 Å². The number of halogens is 5. The number of benzene rings is 2. The standard InChI is InChI=1S/C23H13F5N4O.C3H3NO/c24-17-4-2-1-3-16(17)22-29-19-7-8-32(12-21(19)30-22)11-14-10-20(31-33-14)15-6-5-13(9-18(15)25)23(26,27)28;1-2-4-5-3-1/h1-10,12H,11H2;1-3H. The van der Waals surface area contributed by atoms with Crippen molar-refractivity contribution in [3.8, 4) is 34.0 Å². The molecule has 2 aromatic heterocycles. The second kappa shape index (κ2) is 10.2. The van der Waals surface area contributed by atoms with Crippen LogP contribution in [0.3, 0.4) is 0 Å². The Morgan fingerprint density at radius 2 is 1.63 bits per heavy atom. The Hall–Kier alpha value is -4.87.